The fourth-order valence-corrected chi connectivity index (χ4v) is 1.96. The molecule has 0 fully saturated rings. The number of alkyl halides is 9. The Morgan fingerprint density at radius 1 is 0.609 bits per heavy atom. The third-order valence-electron chi connectivity index (χ3n) is 2.77. The second kappa shape index (κ2) is 5.20. The summed E-state index contributed by atoms with van der Waals surface area (Å²) in [6, 6.07) is 5.45. The van der Waals surface area contributed by atoms with Crippen LogP contribution >= 0.6 is 0 Å². The molecule has 0 unspecified atom stereocenters. The number of rotatable bonds is 1. The molecule has 0 spiro atoms. The van der Waals surface area contributed by atoms with Crippen molar-refractivity contribution in [3.8, 4) is 11.3 Å². The van der Waals surface area contributed by atoms with Gasteiger partial charge in [0.15, 0.2) is 0 Å². The molecular formula is C13H5F9O. The largest absolute Gasteiger partial charge is 0.450 e. The van der Waals surface area contributed by atoms with E-state index in [1.54, 1.807) is 0 Å². The Hall–Kier alpha value is -2.13. The maximum atomic E-state index is 13.0. The molecule has 0 N–H and O–H groups in total. The normalized spacial score (nSPS) is 13.4. The van der Waals surface area contributed by atoms with Crippen molar-refractivity contribution >= 4 is 0 Å². The van der Waals surface area contributed by atoms with Crippen LogP contribution in [-0.2, 0) is 18.5 Å². The minimum atomic E-state index is -5.90. The summed E-state index contributed by atoms with van der Waals surface area (Å²) in [5, 5.41) is 0. The van der Waals surface area contributed by atoms with E-state index in [0.717, 1.165) is 24.3 Å². The van der Waals surface area contributed by atoms with Crippen LogP contribution < -0.4 is 0 Å². The van der Waals surface area contributed by atoms with Crippen LogP contribution in [0.15, 0.2) is 34.7 Å². The molecule has 1 aromatic heterocycles. The second-order valence-corrected chi connectivity index (χ2v) is 4.37. The van der Waals surface area contributed by atoms with Crippen LogP contribution in [0, 0.1) is 0 Å². The fourth-order valence-electron chi connectivity index (χ4n) is 1.96. The van der Waals surface area contributed by atoms with E-state index in [4.69, 9.17) is 0 Å². The van der Waals surface area contributed by atoms with Gasteiger partial charge in [0.1, 0.15) is 16.9 Å². The molecule has 0 saturated heterocycles. The molecule has 0 atom stereocenters. The average molecular weight is 348 g/mol. The van der Waals surface area contributed by atoms with Gasteiger partial charge < -0.3 is 4.42 Å². The molecule has 1 heterocycles. The van der Waals surface area contributed by atoms with Gasteiger partial charge in [-0.3, -0.25) is 0 Å². The van der Waals surface area contributed by atoms with E-state index in [1.807, 2.05) is 0 Å². The van der Waals surface area contributed by atoms with Crippen LogP contribution in [0.3, 0.4) is 0 Å². The van der Waals surface area contributed by atoms with Crippen LogP contribution in [0.2, 0.25) is 0 Å². The van der Waals surface area contributed by atoms with Gasteiger partial charge >= 0.3 is 18.5 Å². The number of halogens is 9. The summed E-state index contributed by atoms with van der Waals surface area (Å²) >= 11 is 0. The summed E-state index contributed by atoms with van der Waals surface area (Å²) in [5.41, 5.74) is -5.93. The summed E-state index contributed by atoms with van der Waals surface area (Å²) in [7, 11) is 0. The lowest BCUT2D eigenvalue weighted by Gasteiger charge is -2.13. The van der Waals surface area contributed by atoms with Crippen LogP contribution in [-0.4, -0.2) is 0 Å². The van der Waals surface area contributed by atoms with Crippen LogP contribution in [0.4, 0.5) is 39.5 Å². The zero-order valence-electron chi connectivity index (χ0n) is 10.7. The molecule has 1 aromatic carbocycles. The first kappa shape index (κ1) is 17.2. The van der Waals surface area contributed by atoms with Gasteiger partial charge in [-0.2, -0.15) is 39.5 Å². The molecule has 0 amide bonds. The topological polar surface area (TPSA) is 13.1 Å². The van der Waals surface area contributed by atoms with Crippen molar-refractivity contribution in [3.05, 3.63) is 47.2 Å². The standard InChI is InChI=1S/C13H5F9O/c14-11(15,16)7-8(12(17,18)19)10(13(20,21)22)23-9(7)6-4-2-1-3-5-6/h1-5H. The lowest BCUT2D eigenvalue weighted by atomic mass is 10.0. The van der Waals surface area contributed by atoms with Crippen LogP contribution in [0.5, 0.6) is 0 Å². The molecule has 2 aromatic rings. The summed E-state index contributed by atoms with van der Waals surface area (Å²) in [4.78, 5) is 0. The van der Waals surface area contributed by atoms with Crippen molar-refractivity contribution in [1.29, 1.82) is 0 Å². The average Bonchev–Trinajstić information content (AvgIpc) is 2.79. The minimum Gasteiger partial charge on any atom is -0.450 e. The maximum absolute atomic E-state index is 13.0. The van der Waals surface area contributed by atoms with Gasteiger partial charge in [0.05, 0.1) is 0 Å². The van der Waals surface area contributed by atoms with Gasteiger partial charge in [0, 0.05) is 5.56 Å². The quantitative estimate of drug-likeness (QED) is 0.576. The SMILES string of the molecule is FC(F)(F)c1oc(-c2ccccc2)c(C(F)(F)F)c1C(F)(F)F. The number of benzene rings is 1. The highest BCUT2D eigenvalue weighted by molar-refractivity contribution is 5.65. The van der Waals surface area contributed by atoms with Crippen molar-refractivity contribution in [2.45, 2.75) is 18.5 Å². The van der Waals surface area contributed by atoms with Gasteiger partial charge in [-0.1, -0.05) is 30.3 Å². The molecule has 0 radical (unpaired) electrons. The van der Waals surface area contributed by atoms with Crippen LogP contribution in [0.1, 0.15) is 16.9 Å². The second-order valence-electron chi connectivity index (χ2n) is 4.37. The first-order valence-electron chi connectivity index (χ1n) is 5.77. The molecule has 0 aliphatic heterocycles. The Balaban J connectivity index is 2.92. The lowest BCUT2D eigenvalue weighted by Crippen LogP contribution is -2.19. The Morgan fingerprint density at radius 3 is 1.48 bits per heavy atom. The van der Waals surface area contributed by atoms with E-state index < -0.39 is 46.7 Å². The molecule has 23 heavy (non-hydrogen) atoms. The Morgan fingerprint density at radius 2 is 1.09 bits per heavy atom. The molecule has 10 heteroatoms. The van der Waals surface area contributed by atoms with Crippen molar-refractivity contribution in [1.82, 2.24) is 0 Å². The van der Waals surface area contributed by atoms with Crippen molar-refractivity contribution in [2.24, 2.45) is 0 Å². The Labute approximate surface area is 122 Å². The smallest absolute Gasteiger partial charge is 0.450 e. The van der Waals surface area contributed by atoms with Gasteiger partial charge in [-0.15, -0.1) is 0 Å². The number of furan rings is 1. The number of hydrogen-bond donors (Lipinski definition) is 0. The van der Waals surface area contributed by atoms with E-state index in [-0.39, 0.29) is 0 Å². The highest BCUT2D eigenvalue weighted by atomic mass is 19.4. The minimum absolute atomic E-state index is 0.555. The van der Waals surface area contributed by atoms with Crippen LogP contribution in [0.25, 0.3) is 11.3 Å². The third-order valence-corrected chi connectivity index (χ3v) is 2.77. The van der Waals surface area contributed by atoms with Gasteiger partial charge in [-0.05, 0) is 0 Å². The highest BCUT2D eigenvalue weighted by Crippen LogP contribution is 2.52. The monoisotopic (exact) mass is 348 g/mol. The van der Waals surface area contributed by atoms with Crippen molar-refractivity contribution in [2.75, 3.05) is 0 Å². The Bertz CT molecular complexity index is 689. The zero-order chi connectivity index (χ0) is 17.6. The zero-order valence-corrected chi connectivity index (χ0v) is 10.7. The van der Waals surface area contributed by atoms with Gasteiger partial charge in [0.25, 0.3) is 0 Å². The molecule has 0 aliphatic rings. The fraction of sp³-hybridized carbons (Fsp3) is 0.231. The van der Waals surface area contributed by atoms with E-state index >= 15 is 0 Å². The first-order valence-corrected chi connectivity index (χ1v) is 5.77. The summed E-state index contributed by atoms with van der Waals surface area (Å²) in [6.07, 6.45) is -17.3. The molecule has 0 aliphatic carbocycles. The van der Waals surface area contributed by atoms with E-state index in [0.29, 0.717) is 0 Å². The molecule has 2 rings (SSSR count). The maximum Gasteiger partial charge on any atom is 0.450 e. The van der Waals surface area contributed by atoms with Gasteiger partial charge in [0.2, 0.25) is 5.76 Å². The third kappa shape index (κ3) is 3.30. The van der Waals surface area contributed by atoms with Gasteiger partial charge in [-0.25, -0.2) is 0 Å². The molecule has 0 bridgehead atoms. The molecule has 1 nitrogen and oxygen atoms in total. The van der Waals surface area contributed by atoms with Crippen molar-refractivity contribution < 1.29 is 43.9 Å². The molecule has 0 saturated carbocycles. The predicted molar refractivity (Wildman–Crippen MR) is 59.1 cm³/mol. The molecule has 126 valence electrons. The molecular weight excluding hydrogens is 343 g/mol. The van der Waals surface area contributed by atoms with E-state index in [9.17, 15) is 39.5 Å². The number of hydrogen-bond acceptors (Lipinski definition) is 1. The lowest BCUT2D eigenvalue weighted by molar-refractivity contribution is -0.178. The summed E-state index contributed by atoms with van der Waals surface area (Å²) in [5.74, 6) is -4.26. The highest BCUT2D eigenvalue weighted by Gasteiger charge is 2.55. The Kier molecular flexibility index (Phi) is 3.90. The first-order chi connectivity index (χ1) is 10.3. The van der Waals surface area contributed by atoms with Crippen molar-refractivity contribution in [3.63, 3.8) is 0 Å². The predicted octanol–water partition coefficient (Wildman–Crippen LogP) is 6.00. The summed E-state index contributed by atoms with van der Waals surface area (Å²) < 4.78 is 120. The summed E-state index contributed by atoms with van der Waals surface area (Å²) in [6.45, 7) is 0. The van der Waals surface area contributed by atoms with E-state index in [1.165, 1.54) is 6.07 Å². The van der Waals surface area contributed by atoms with E-state index in [2.05, 4.69) is 4.42 Å².